The Hall–Kier alpha value is -2.42. The number of hydrogen-bond donors (Lipinski definition) is 1. The topological polar surface area (TPSA) is 42.6 Å². The number of phenolic OH excluding ortho intramolecular Hbond substituents is 1. The number of hydrogen-bond acceptors (Lipinski definition) is 3. The Kier molecular flexibility index (Phi) is 3.59. The molecule has 1 aliphatic carbocycles. The Morgan fingerprint density at radius 1 is 1.07 bits per heavy atom. The smallest absolute Gasteiger partial charge is 0.135 e. The standard InChI is InChI=1S/C24H26O3/c1-14-8-9-18-17(10-14)23-19(25)11-16(13-22(23)27-24(18,2)3)21-12-15-6-4-5-7-20(15)26-21/h4-7,11-14,17-18,25H,8-10H2,1-3H3/t14-,17-,18-/m1/s1. The highest BCUT2D eigenvalue weighted by Crippen LogP contribution is 2.56. The second-order valence-corrected chi connectivity index (χ2v) is 8.89. The molecule has 2 aliphatic rings. The van der Waals surface area contributed by atoms with Crippen molar-refractivity contribution in [3.8, 4) is 22.8 Å². The third-order valence-electron chi connectivity index (χ3n) is 6.58. The number of benzene rings is 2. The maximum Gasteiger partial charge on any atom is 0.135 e. The maximum absolute atomic E-state index is 10.9. The number of fused-ring (bicyclic) bond motifs is 4. The van der Waals surface area contributed by atoms with Crippen molar-refractivity contribution >= 4 is 11.0 Å². The van der Waals surface area contributed by atoms with Gasteiger partial charge < -0.3 is 14.3 Å². The molecule has 0 bridgehead atoms. The van der Waals surface area contributed by atoms with Crippen LogP contribution in [0.25, 0.3) is 22.3 Å². The van der Waals surface area contributed by atoms with Crippen LogP contribution in [0.1, 0.15) is 51.5 Å². The lowest BCUT2D eigenvalue weighted by Gasteiger charge is -2.48. The fourth-order valence-corrected chi connectivity index (χ4v) is 5.23. The van der Waals surface area contributed by atoms with Gasteiger partial charge in [-0.2, -0.15) is 0 Å². The van der Waals surface area contributed by atoms with Crippen LogP contribution in [0.3, 0.4) is 0 Å². The zero-order chi connectivity index (χ0) is 18.8. The Bertz CT molecular complexity index is 981. The minimum absolute atomic E-state index is 0.225. The molecule has 0 unspecified atom stereocenters. The first kappa shape index (κ1) is 16.7. The number of rotatable bonds is 1. The third kappa shape index (κ3) is 2.63. The molecule has 2 aromatic carbocycles. The first-order chi connectivity index (χ1) is 12.9. The van der Waals surface area contributed by atoms with Gasteiger partial charge in [-0.25, -0.2) is 0 Å². The summed E-state index contributed by atoms with van der Waals surface area (Å²) in [4.78, 5) is 0. The van der Waals surface area contributed by atoms with Gasteiger partial charge in [0.25, 0.3) is 0 Å². The number of ether oxygens (including phenoxy) is 1. The van der Waals surface area contributed by atoms with E-state index in [4.69, 9.17) is 9.15 Å². The number of phenols is 1. The fraction of sp³-hybridized carbons (Fsp3) is 0.417. The van der Waals surface area contributed by atoms with Crippen molar-refractivity contribution in [3.05, 3.63) is 48.0 Å². The summed E-state index contributed by atoms with van der Waals surface area (Å²) < 4.78 is 12.4. The van der Waals surface area contributed by atoms with Crippen molar-refractivity contribution in [2.24, 2.45) is 11.8 Å². The number of para-hydroxylation sites is 1. The Labute approximate surface area is 160 Å². The lowest BCUT2D eigenvalue weighted by molar-refractivity contribution is -0.0144. The molecule has 0 radical (unpaired) electrons. The van der Waals surface area contributed by atoms with Gasteiger partial charge in [0.1, 0.15) is 28.4 Å². The average molecular weight is 362 g/mol. The van der Waals surface area contributed by atoms with Gasteiger partial charge in [-0.3, -0.25) is 0 Å². The molecule has 1 N–H and O–H groups in total. The van der Waals surface area contributed by atoms with Crippen LogP contribution in [-0.4, -0.2) is 10.7 Å². The van der Waals surface area contributed by atoms with Gasteiger partial charge in [0, 0.05) is 22.4 Å². The average Bonchev–Trinajstić information content (AvgIpc) is 3.04. The van der Waals surface area contributed by atoms with Crippen LogP contribution in [0.4, 0.5) is 0 Å². The van der Waals surface area contributed by atoms with Gasteiger partial charge in [0.15, 0.2) is 0 Å². The summed E-state index contributed by atoms with van der Waals surface area (Å²) in [6.45, 7) is 6.70. The first-order valence-electron chi connectivity index (χ1n) is 9.97. The van der Waals surface area contributed by atoms with Gasteiger partial charge in [-0.15, -0.1) is 0 Å². The molecule has 1 aliphatic heterocycles. The third-order valence-corrected chi connectivity index (χ3v) is 6.58. The summed E-state index contributed by atoms with van der Waals surface area (Å²) >= 11 is 0. The van der Waals surface area contributed by atoms with Crippen LogP contribution in [0.15, 0.2) is 46.9 Å². The highest BCUT2D eigenvalue weighted by atomic mass is 16.5. The lowest BCUT2D eigenvalue weighted by Crippen LogP contribution is -2.46. The quantitative estimate of drug-likeness (QED) is 0.537. The van der Waals surface area contributed by atoms with Crippen LogP contribution in [0, 0.1) is 11.8 Å². The molecule has 3 atom stereocenters. The lowest BCUT2D eigenvalue weighted by atomic mass is 9.64. The zero-order valence-corrected chi connectivity index (χ0v) is 16.2. The van der Waals surface area contributed by atoms with E-state index >= 15 is 0 Å². The van der Waals surface area contributed by atoms with E-state index in [-0.39, 0.29) is 5.60 Å². The zero-order valence-electron chi connectivity index (χ0n) is 16.2. The van der Waals surface area contributed by atoms with Crippen LogP contribution >= 0.6 is 0 Å². The minimum Gasteiger partial charge on any atom is -0.507 e. The van der Waals surface area contributed by atoms with Crippen LogP contribution in [0.5, 0.6) is 11.5 Å². The van der Waals surface area contributed by atoms with E-state index in [9.17, 15) is 5.11 Å². The Morgan fingerprint density at radius 2 is 1.89 bits per heavy atom. The second-order valence-electron chi connectivity index (χ2n) is 8.89. The molecule has 1 aromatic heterocycles. The van der Waals surface area contributed by atoms with Crippen molar-refractivity contribution in [2.75, 3.05) is 0 Å². The minimum atomic E-state index is -0.225. The summed E-state index contributed by atoms with van der Waals surface area (Å²) in [7, 11) is 0. The predicted molar refractivity (Wildman–Crippen MR) is 107 cm³/mol. The van der Waals surface area contributed by atoms with Gasteiger partial charge in [-0.05, 0) is 62.8 Å². The molecular weight excluding hydrogens is 336 g/mol. The van der Waals surface area contributed by atoms with E-state index in [1.54, 1.807) is 0 Å². The van der Waals surface area contributed by atoms with E-state index in [0.29, 0.717) is 23.5 Å². The van der Waals surface area contributed by atoms with Crippen LogP contribution < -0.4 is 4.74 Å². The molecule has 140 valence electrons. The molecule has 3 aromatic rings. The molecular formula is C24H26O3. The summed E-state index contributed by atoms with van der Waals surface area (Å²) in [5.74, 6) is 3.40. The maximum atomic E-state index is 10.9. The van der Waals surface area contributed by atoms with E-state index in [1.807, 2.05) is 42.5 Å². The molecule has 1 fully saturated rings. The Morgan fingerprint density at radius 3 is 2.70 bits per heavy atom. The van der Waals surface area contributed by atoms with E-state index in [1.165, 1.54) is 6.42 Å². The van der Waals surface area contributed by atoms with E-state index < -0.39 is 0 Å². The molecule has 3 heteroatoms. The second kappa shape index (κ2) is 5.79. The highest BCUT2D eigenvalue weighted by molar-refractivity contribution is 5.83. The molecule has 0 amide bonds. The molecule has 5 rings (SSSR count). The van der Waals surface area contributed by atoms with Crippen molar-refractivity contribution in [1.82, 2.24) is 0 Å². The van der Waals surface area contributed by atoms with Crippen molar-refractivity contribution in [3.63, 3.8) is 0 Å². The van der Waals surface area contributed by atoms with Gasteiger partial charge in [-0.1, -0.05) is 31.5 Å². The van der Waals surface area contributed by atoms with Crippen LogP contribution in [-0.2, 0) is 0 Å². The van der Waals surface area contributed by atoms with Crippen molar-refractivity contribution in [2.45, 2.75) is 51.6 Å². The normalized spacial score (nSPS) is 26.3. The first-order valence-corrected chi connectivity index (χ1v) is 9.97. The summed E-state index contributed by atoms with van der Waals surface area (Å²) in [5.41, 5.74) is 2.48. The molecule has 2 heterocycles. The van der Waals surface area contributed by atoms with Gasteiger partial charge >= 0.3 is 0 Å². The number of aromatic hydroxyl groups is 1. The summed E-state index contributed by atoms with van der Waals surface area (Å²) in [6, 6.07) is 13.9. The van der Waals surface area contributed by atoms with Gasteiger partial charge in [0.05, 0.1) is 0 Å². The van der Waals surface area contributed by atoms with Gasteiger partial charge in [0.2, 0.25) is 0 Å². The molecule has 0 spiro atoms. The van der Waals surface area contributed by atoms with Crippen molar-refractivity contribution in [1.29, 1.82) is 0 Å². The van der Waals surface area contributed by atoms with E-state index in [2.05, 4.69) is 20.8 Å². The highest BCUT2D eigenvalue weighted by Gasteiger charge is 2.47. The van der Waals surface area contributed by atoms with Crippen LogP contribution in [0.2, 0.25) is 0 Å². The molecule has 27 heavy (non-hydrogen) atoms. The summed E-state index contributed by atoms with van der Waals surface area (Å²) in [5, 5.41) is 12.0. The fourth-order valence-electron chi connectivity index (χ4n) is 5.23. The monoisotopic (exact) mass is 362 g/mol. The SMILES string of the molecule is C[C@@H]1CC[C@@H]2[C@@H](C1)c1c(O)cc(-c3cc4ccccc4o3)cc1OC2(C)C. The largest absolute Gasteiger partial charge is 0.507 e. The molecule has 3 nitrogen and oxygen atoms in total. The number of furan rings is 1. The Balaban J connectivity index is 1.63. The predicted octanol–water partition coefficient (Wildman–Crippen LogP) is 6.50. The summed E-state index contributed by atoms with van der Waals surface area (Å²) in [6.07, 6.45) is 3.51. The van der Waals surface area contributed by atoms with E-state index in [0.717, 1.165) is 46.4 Å². The molecule has 0 saturated heterocycles. The van der Waals surface area contributed by atoms with Crippen molar-refractivity contribution < 1.29 is 14.3 Å². The molecule has 1 saturated carbocycles.